The molecule has 1 aromatic heterocycles. The summed E-state index contributed by atoms with van der Waals surface area (Å²) in [6.07, 6.45) is -2.73. The maximum absolute atomic E-state index is 12.9. The first kappa shape index (κ1) is 24.3. The van der Waals surface area contributed by atoms with E-state index in [4.69, 9.17) is 4.74 Å². The highest BCUT2D eigenvalue weighted by Gasteiger charge is 2.40. The second-order valence-electron chi connectivity index (χ2n) is 6.91. The highest BCUT2D eigenvalue weighted by molar-refractivity contribution is 6.07. The third-order valence-corrected chi connectivity index (χ3v) is 3.94. The van der Waals surface area contributed by atoms with Gasteiger partial charge in [0.2, 0.25) is 0 Å². The Morgan fingerprint density at radius 1 is 1.26 bits per heavy atom. The van der Waals surface area contributed by atoms with E-state index in [1.54, 1.807) is 20.8 Å². The van der Waals surface area contributed by atoms with Crippen molar-refractivity contribution in [2.24, 2.45) is 0 Å². The van der Waals surface area contributed by atoms with Gasteiger partial charge in [-0.05, 0) is 38.5 Å². The van der Waals surface area contributed by atoms with Crippen molar-refractivity contribution in [1.29, 1.82) is 0 Å². The van der Waals surface area contributed by atoms with E-state index in [1.165, 1.54) is 35.1 Å². The van der Waals surface area contributed by atoms with Gasteiger partial charge in [0.15, 0.2) is 5.69 Å². The zero-order valence-corrected chi connectivity index (χ0v) is 17.2. The van der Waals surface area contributed by atoms with Crippen LogP contribution in [0.25, 0.3) is 0 Å². The van der Waals surface area contributed by atoms with Gasteiger partial charge in [0.25, 0.3) is 5.91 Å². The molecule has 7 nitrogen and oxygen atoms in total. The normalized spacial score (nSPS) is 11.8. The fraction of sp³-hybridized carbons (Fsp3) is 0.450. The summed E-state index contributed by atoms with van der Waals surface area (Å²) in [4.78, 5) is 24.9. The highest BCUT2D eigenvalue weighted by Crippen LogP contribution is 2.23. The minimum Gasteiger partial charge on any atom is -0.458 e. The van der Waals surface area contributed by atoms with Crippen LogP contribution in [0.15, 0.2) is 30.5 Å². The molecular weight excluding hydrogens is 422 g/mol. The van der Waals surface area contributed by atoms with Gasteiger partial charge in [-0.25, -0.2) is 13.6 Å². The number of nitrogens with one attached hydrogen (secondary N) is 1. The summed E-state index contributed by atoms with van der Waals surface area (Å²) >= 11 is 0. The smallest absolute Gasteiger partial charge is 0.361 e. The molecule has 0 aliphatic rings. The van der Waals surface area contributed by atoms with Crippen molar-refractivity contribution in [1.82, 2.24) is 9.78 Å². The molecule has 0 bridgehead atoms. The lowest BCUT2D eigenvalue weighted by molar-refractivity contribution is -0.168. The van der Waals surface area contributed by atoms with Crippen molar-refractivity contribution in [3.05, 3.63) is 47.3 Å². The lowest BCUT2D eigenvalue weighted by Gasteiger charge is -2.15. The fourth-order valence-corrected chi connectivity index (χ4v) is 2.46. The van der Waals surface area contributed by atoms with Gasteiger partial charge in [0.1, 0.15) is 6.61 Å². The lowest BCUT2D eigenvalue weighted by Crippen LogP contribution is -2.32. The first-order valence-corrected chi connectivity index (χ1v) is 9.46. The van der Waals surface area contributed by atoms with Crippen LogP contribution in [0.1, 0.15) is 47.2 Å². The molecule has 0 atom stereocenters. The number of carbonyl (C=O) groups excluding carboxylic acids is 2. The van der Waals surface area contributed by atoms with E-state index in [2.05, 4.69) is 15.2 Å². The number of hydrogen-bond donors (Lipinski definition) is 1. The minimum atomic E-state index is -4.25. The molecule has 0 fully saturated rings. The van der Waals surface area contributed by atoms with E-state index in [-0.39, 0.29) is 29.7 Å². The van der Waals surface area contributed by atoms with Gasteiger partial charge < -0.3 is 14.8 Å². The van der Waals surface area contributed by atoms with Crippen LogP contribution < -0.4 is 5.32 Å². The molecule has 11 heteroatoms. The Balaban J connectivity index is 2.10. The van der Waals surface area contributed by atoms with Crippen LogP contribution in [0.3, 0.4) is 0 Å². The number of nitrogens with zero attached hydrogens (tertiary/aromatic N) is 2. The summed E-state index contributed by atoms with van der Waals surface area (Å²) in [6.45, 7) is 3.78. The number of halogens is 4. The van der Waals surface area contributed by atoms with Crippen molar-refractivity contribution in [2.75, 3.05) is 11.9 Å². The highest BCUT2D eigenvalue weighted by atomic mass is 19.3. The van der Waals surface area contributed by atoms with Gasteiger partial charge >= 0.3 is 18.3 Å². The zero-order valence-electron chi connectivity index (χ0n) is 17.2. The van der Waals surface area contributed by atoms with Gasteiger partial charge in [-0.15, -0.1) is 0 Å². The summed E-state index contributed by atoms with van der Waals surface area (Å²) in [6, 6.07) is 5.81. The van der Waals surface area contributed by atoms with Gasteiger partial charge in [-0.1, -0.05) is 12.1 Å². The van der Waals surface area contributed by atoms with Crippen LogP contribution in [-0.2, 0) is 22.6 Å². The van der Waals surface area contributed by atoms with E-state index in [1.807, 2.05) is 0 Å². The van der Waals surface area contributed by atoms with E-state index < -0.39 is 30.8 Å². The first-order chi connectivity index (χ1) is 14.5. The van der Waals surface area contributed by atoms with E-state index in [9.17, 15) is 27.2 Å². The Morgan fingerprint density at radius 3 is 2.58 bits per heavy atom. The molecule has 0 saturated carbocycles. The number of aromatic nitrogens is 2. The van der Waals surface area contributed by atoms with Crippen molar-refractivity contribution < 1.29 is 36.6 Å². The van der Waals surface area contributed by atoms with Crippen molar-refractivity contribution >= 4 is 17.6 Å². The summed E-state index contributed by atoms with van der Waals surface area (Å²) in [5, 5.41) is 6.67. The van der Waals surface area contributed by atoms with Crippen LogP contribution in [0.5, 0.6) is 0 Å². The van der Waals surface area contributed by atoms with Crippen LogP contribution in [-0.4, -0.2) is 46.7 Å². The standard InChI is InChI=1S/C20H23F4N3O4/c1-4-27-9-15(16(26-27)18(29)31-12(2)3)25-17(28)14-7-5-6-13(8-14)10-30-11-20(23,24)19(21)22/h5-9,12,19H,4,10-11H2,1-3H3,(H,25,28). The maximum Gasteiger partial charge on any atom is 0.361 e. The summed E-state index contributed by atoms with van der Waals surface area (Å²) in [7, 11) is 0. The maximum atomic E-state index is 12.9. The molecule has 1 N–H and O–H groups in total. The van der Waals surface area contributed by atoms with Crippen LogP contribution in [0, 0.1) is 0 Å². The second-order valence-corrected chi connectivity index (χ2v) is 6.91. The number of aryl methyl sites for hydroxylation is 1. The number of rotatable bonds is 10. The minimum absolute atomic E-state index is 0.0578. The number of alkyl halides is 4. The molecule has 0 unspecified atom stereocenters. The predicted octanol–water partition coefficient (Wildman–Crippen LogP) is 4.14. The van der Waals surface area contributed by atoms with E-state index in [0.717, 1.165) is 0 Å². The molecule has 0 spiro atoms. The average Bonchev–Trinajstić information content (AvgIpc) is 3.10. The third-order valence-electron chi connectivity index (χ3n) is 3.94. The number of benzene rings is 1. The average molecular weight is 445 g/mol. The molecule has 1 amide bonds. The summed E-state index contributed by atoms with van der Waals surface area (Å²) in [5.74, 6) is -5.54. The number of amides is 1. The molecule has 2 aromatic rings. The molecule has 1 heterocycles. The van der Waals surface area contributed by atoms with Crippen LogP contribution in [0.4, 0.5) is 23.2 Å². The molecule has 2 rings (SSSR count). The Hall–Kier alpha value is -2.95. The Kier molecular flexibility index (Phi) is 8.14. The second kappa shape index (κ2) is 10.4. The number of hydrogen-bond acceptors (Lipinski definition) is 5. The van der Waals surface area contributed by atoms with Crippen molar-refractivity contribution in [3.63, 3.8) is 0 Å². The predicted molar refractivity (Wildman–Crippen MR) is 103 cm³/mol. The van der Waals surface area contributed by atoms with Gasteiger partial charge in [0, 0.05) is 18.3 Å². The zero-order chi connectivity index (χ0) is 23.2. The summed E-state index contributed by atoms with van der Waals surface area (Å²) < 4.78 is 61.5. The van der Waals surface area contributed by atoms with Gasteiger partial charge in [-0.2, -0.15) is 13.9 Å². The van der Waals surface area contributed by atoms with E-state index >= 15 is 0 Å². The van der Waals surface area contributed by atoms with Gasteiger partial charge in [0.05, 0.1) is 18.4 Å². The number of esters is 1. The van der Waals surface area contributed by atoms with E-state index in [0.29, 0.717) is 12.1 Å². The lowest BCUT2D eigenvalue weighted by atomic mass is 10.1. The molecule has 31 heavy (non-hydrogen) atoms. The van der Waals surface area contributed by atoms with Gasteiger partial charge in [-0.3, -0.25) is 9.48 Å². The SMILES string of the molecule is CCn1cc(NC(=O)c2cccc(COCC(F)(F)C(F)F)c2)c(C(=O)OC(C)C)n1. The molecule has 1 aromatic carbocycles. The number of ether oxygens (including phenoxy) is 2. The molecule has 0 saturated heterocycles. The number of carbonyl (C=O) groups is 2. The molecule has 0 radical (unpaired) electrons. The van der Waals surface area contributed by atoms with Crippen molar-refractivity contribution in [3.8, 4) is 0 Å². The van der Waals surface area contributed by atoms with Crippen LogP contribution in [0.2, 0.25) is 0 Å². The molecule has 0 aliphatic heterocycles. The summed E-state index contributed by atoms with van der Waals surface area (Å²) in [5.41, 5.74) is 0.573. The molecule has 170 valence electrons. The largest absolute Gasteiger partial charge is 0.458 e. The number of anilines is 1. The molecular formula is C20H23F4N3O4. The monoisotopic (exact) mass is 445 g/mol. The Labute approximate surface area is 176 Å². The van der Waals surface area contributed by atoms with Crippen LogP contribution >= 0.6 is 0 Å². The third kappa shape index (κ3) is 6.78. The Bertz CT molecular complexity index is 916. The molecule has 0 aliphatic carbocycles. The van der Waals surface area contributed by atoms with Crippen molar-refractivity contribution in [2.45, 2.75) is 52.4 Å². The fourth-order valence-electron chi connectivity index (χ4n) is 2.46. The topological polar surface area (TPSA) is 82.5 Å². The Morgan fingerprint density at radius 2 is 1.97 bits per heavy atom. The first-order valence-electron chi connectivity index (χ1n) is 9.46. The quantitative estimate of drug-likeness (QED) is 0.439.